The number of aryl methyl sites for hydroxylation is 2. The Balaban J connectivity index is 1.87. The highest BCUT2D eigenvalue weighted by atomic mass is 32.2. The van der Waals surface area contributed by atoms with Crippen molar-refractivity contribution in [1.29, 1.82) is 0 Å². The molecule has 0 spiro atoms. The van der Waals surface area contributed by atoms with Gasteiger partial charge in [0.05, 0.1) is 18.0 Å². The number of nitrogens with one attached hydrogen (secondary N) is 1. The lowest BCUT2D eigenvalue weighted by molar-refractivity contribution is -0.122. The van der Waals surface area contributed by atoms with E-state index in [1.807, 2.05) is 58.0 Å². The van der Waals surface area contributed by atoms with Crippen LogP contribution in [0, 0.1) is 13.8 Å². The lowest BCUT2D eigenvalue weighted by atomic mass is 10.1. The van der Waals surface area contributed by atoms with Crippen LogP contribution in [0.15, 0.2) is 36.4 Å². The molecule has 1 heterocycles. The molecule has 3 rings (SSSR count). The highest BCUT2D eigenvalue weighted by molar-refractivity contribution is 7.92. The van der Waals surface area contributed by atoms with Gasteiger partial charge >= 0.3 is 0 Å². The topological polar surface area (TPSA) is 84.9 Å². The Kier molecular flexibility index (Phi) is 6.79. The fourth-order valence-corrected chi connectivity index (χ4v) is 4.98. The molecule has 1 aliphatic rings. The van der Waals surface area contributed by atoms with Gasteiger partial charge in [0.15, 0.2) is 11.5 Å². The quantitative estimate of drug-likeness (QED) is 0.704. The lowest BCUT2D eigenvalue weighted by Crippen LogP contribution is -2.50. The Morgan fingerprint density at radius 3 is 2.42 bits per heavy atom. The summed E-state index contributed by atoms with van der Waals surface area (Å²) in [6.45, 7) is 8.40. The summed E-state index contributed by atoms with van der Waals surface area (Å²) in [4.78, 5) is 13.2. The SMILES string of the molecule is CCC(C(=O)NC(C)c1ccc2c(c1)OCCO2)N(c1cc(C)ccc1C)S(C)(=O)=O. The Morgan fingerprint density at radius 2 is 1.77 bits per heavy atom. The van der Waals surface area contributed by atoms with Crippen molar-refractivity contribution in [2.75, 3.05) is 23.8 Å². The van der Waals surface area contributed by atoms with Crippen molar-refractivity contribution in [3.05, 3.63) is 53.1 Å². The third-order valence-electron chi connectivity index (χ3n) is 5.36. The second-order valence-electron chi connectivity index (χ2n) is 7.91. The van der Waals surface area contributed by atoms with E-state index in [0.717, 1.165) is 22.9 Å². The summed E-state index contributed by atoms with van der Waals surface area (Å²) in [6, 6.07) is 9.93. The predicted molar refractivity (Wildman–Crippen MR) is 121 cm³/mol. The summed E-state index contributed by atoms with van der Waals surface area (Å²) in [5, 5.41) is 2.97. The van der Waals surface area contributed by atoms with Crippen LogP contribution in [0.5, 0.6) is 11.5 Å². The Morgan fingerprint density at radius 1 is 1.10 bits per heavy atom. The van der Waals surface area contributed by atoms with Crippen molar-refractivity contribution in [2.45, 2.75) is 46.2 Å². The molecule has 1 amide bonds. The van der Waals surface area contributed by atoms with Crippen molar-refractivity contribution in [2.24, 2.45) is 0 Å². The summed E-state index contributed by atoms with van der Waals surface area (Å²) in [5.41, 5.74) is 3.10. The molecule has 0 aromatic heterocycles. The van der Waals surface area contributed by atoms with Gasteiger partial charge < -0.3 is 14.8 Å². The van der Waals surface area contributed by atoms with Crippen LogP contribution in [0.2, 0.25) is 0 Å². The van der Waals surface area contributed by atoms with E-state index >= 15 is 0 Å². The van der Waals surface area contributed by atoms with Crippen LogP contribution in [0.3, 0.4) is 0 Å². The van der Waals surface area contributed by atoms with E-state index in [1.165, 1.54) is 4.31 Å². The number of benzene rings is 2. The first kappa shape index (κ1) is 22.9. The Labute approximate surface area is 184 Å². The van der Waals surface area contributed by atoms with E-state index in [0.29, 0.717) is 36.8 Å². The zero-order chi connectivity index (χ0) is 22.8. The maximum atomic E-state index is 13.2. The number of hydrogen-bond donors (Lipinski definition) is 1. The van der Waals surface area contributed by atoms with Gasteiger partial charge in [0.1, 0.15) is 19.3 Å². The number of anilines is 1. The third-order valence-corrected chi connectivity index (χ3v) is 6.52. The number of amides is 1. The minimum Gasteiger partial charge on any atom is -0.486 e. The maximum absolute atomic E-state index is 13.2. The van der Waals surface area contributed by atoms with Gasteiger partial charge in [0.25, 0.3) is 0 Å². The van der Waals surface area contributed by atoms with Crippen LogP contribution in [-0.2, 0) is 14.8 Å². The van der Waals surface area contributed by atoms with Crippen molar-refractivity contribution < 1.29 is 22.7 Å². The molecule has 31 heavy (non-hydrogen) atoms. The first-order chi connectivity index (χ1) is 14.6. The van der Waals surface area contributed by atoms with E-state index < -0.39 is 16.1 Å². The van der Waals surface area contributed by atoms with Gasteiger partial charge in [-0.3, -0.25) is 9.10 Å². The standard InChI is InChI=1S/C23H30N2O5S/c1-6-19(25(31(5,27)28)20-13-15(2)7-8-16(20)3)23(26)24-17(4)18-9-10-21-22(14-18)30-12-11-29-21/h7-10,13-14,17,19H,6,11-12H2,1-5H3,(H,24,26). The molecular weight excluding hydrogens is 416 g/mol. The van der Waals surface area contributed by atoms with Crippen LogP contribution in [0.25, 0.3) is 0 Å². The van der Waals surface area contributed by atoms with E-state index in [1.54, 1.807) is 6.07 Å². The Hall–Kier alpha value is -2.74. The molecule has 2 aromatic rings. The molecule has 8 heteroatoms. The van der Waals surface area contributed by atoms with Gasteiger partial charge in [-0.25, -0.2) is 8.42 Å². The molecule has 0 aliphatic carbocycles. The molecule has 0 fully saturated rings. The molecule has 0 saturated carbocycles. The number of hydrogen-bond acceptors (Lipinski definition) is 5. The number of carbonyl (C=O) groups excluding carboxylic acids is 1. The average Bonchev–Trinajstić information content (AvgIpc) is 2.72. The first-order valence-electron chi connectivity index (χ1n) is 10.4. The number of sulfonamides is 1. The molecule has 0 radical (unpaired) electrons. The minimum absolute atomic E-state index is 0.333. The molecule has 0 bridgehead atoms. The number of carbonyl (C=O) groups is 1. The van der Waals surface area contributed by atoms with Crippen LogP contribution in [-0.4, -0.2) is 39.8 Å². The second kappa shape index (κ2) is 9.18. The summed E-state index contributed by atoms with van der Waals surface area (Å²) in [6.07, 6.45) is 1.47. The van der Waals surface area contributed by atoms with E-state index in [2.05, 4.69) is 5.32 Å². The van der Waals surface area contributed by atoms with Crippen molar-refractivity contribution >= 4 is 21.6 Å². The summed E-state index contributed by atoms with van der Waals surface area (Å²) in [5.74, 6) is 0.972. The summed E-state index contributed by atoms with van der Waals surface area (Å²) < 4.78 is 37.9. The second-order valence-corrected chi connectivity index (χ2v) is 9.77. The van der Waals surface area contributed by atoms with Crippen LogP contribution < -0.4 is 19.1 Å². The van der Waals surface area contributed by atoms with E-state index in [9.17, 15) is 13.2 Å². The number of ether oxygens (including phenoxy) is 2. The smallest absolute Gasteiger partial charge is 0.244 e. The molecule has 7 nitrogen and oxygen atoms in total. The number of fused-ring (bicyclic) bond motifs is 1. The largest absolute Gasteiger partial charge is 0.486 e. The van der Waals surface area contributed by atoms with Gasteiger partial charge in [-0.05, 0) is 62.1 Å². The van der Waals surface area contributed by atoms with Crippen molar-refractivity contribution in [3.8, 4) is 11.5 Å². The van der Waals surface area contributed by atoms with Gasteiger partial charge in [-0.15, -0.1) is 0 Å². The molecule has 1 aliphatic heterocycles. The third kappa shape index (κ3) is 5.12. The van der Waals surface area contributed by atoms with Gasteiger partial charge in [0.2, 0.25) is 15.9 Å². The van der Waals surface area contributed by atoms with Crippen LogP contribution >= 0.6 is 0 Å². The minimum atomic E-state index is -3.69. The van der Waals surface area contributed by atoms with Crippen molar-refractivity contribution in [1.82, 2.24) is 5.32 Å². The zero-order valence-electron chi connectivity index (χ0n) is 18.6. The number of nitrogens with zero attached hydrogens (tertiary/aromatic N) is 1. The molecule has 2 unspecified atom stereocenters. The van der Waals surface area contributed by atoms with Gasteiger partial charge in [0, 0.05) is 0 Å². The van der Waals surface area contributed by atoms with Crippen LogP contribution in [0.1, 0.15) is 43.0 Å². The maximum Gasteiger partial charge on any atom is 0.244 e. The van der Waals surface area contributed by atoms with E-state index in [4.69, 9.17) is 9.47 Å². The Bertz CT molecular complexity index is 1070. The predicted octanol–water partition coefficient (Wildman–Crippen LogP) is 3.50. The molecule has 2 atom stereocenters. The molecular formula is C23H30N2O5S. The van der Waals surface area contributed by atoms with Crippen LogP contribution in [0.4, 0.5) is 5.69 Å². The summed E-state index contributed by atoms with van der Waals surface area (Å²) >= 11 is 0. The normalized spacial score (nSPS) is 15.1. The highest BCUT2D eigenvalue weighted by Crippen LogP contribution is 2.33. The molecule has 168 valence electrons. The fourth-order valence-electron chi connectivity index (χ4n) is 3.71. The summed E-state index contributed by atoms with van der Waals surface area (Å²) in [7, 11) is -3.69. The lowest BCUT2D eigenvalue weighted by Gasteiger charge is -2.32. The first-order valence-corrected chi connectivity index (χ1v) is 12.2. The number of rotatable bonds is 7. The average molecular weight is 447 g/mol. The van der Waals surface area contributed by atoms with E-state index in [-0.39, 0.29) is 11.9 Å². The van der Waals surface area contributed by atoms with Crippen molar-refractivity contribution in [3.63, 3.8) is 0 Å². The van der Waals surface area contributed by atoms with Gasteiger partial charge in [-0.1, -0.05) is 25.1 Å². The fraction of sp³-hybridized carbons (Fsp3) is 0.435. The monoisotopic (exact) mass is 446 g/mol. The van der Waals surface area contributed by atoms with Gasteiger partial charge in [-0.2, -0.15) is 0 Å². The highest BCUT2D eigenvalue weighted by Gasteiger charge is 2.33. The molecule has 2 aromatic carbocycles. The molecule has 0 saturated heterocycles. The molecule has 1 N–H and O–H groups in total. The zero-order valence-corrected chi connectivity index (χ0v) is 19.5.